The van der Waals surface area contributed by atoms with Crippen molar-refractivity contribution in [2.45, 2.75) is 46.5 Å². The fourth-order valence-electron chi connectivity index (χ4n) is 5.17. The predicted octanol–water partition coefficient (Wildman–Crippen LogP) is 10.0. The first-order valence-corrected chi connectivity index (χ1v) is 13.6. The smallest absolute Gasteiger partial charge is 0.134 e. The molecule has 0 atom stereocenters. The average molecular weight is 490 g/mol. The Kier molecular flexibility index (Phi) is 5.49. The van der Waals surface area contributed by atoms with E-state index in [1.165, 1.54) is 27.3 Å². The van der Waals surface area contributed by atoms with Gasteiger partial charge in [-0.15, -0.1) is 11.3 Å². The average Bonchev–Trinajstić information content (AvgIpc) is 3.47. The van der Waals surface area contributed by atoms with Gasteiger partial charge in [-0.1, -0.05) is 71.0 Å². The lowest BCUT2D eigenvalue weighted by atomic mass is 9.82. The summed E-state index contributed by atoms with van der Waals surface area (Å²) in [6.07, 6.45) is 0.955. The molecular formula is C33H31NOS. The van der Waals surface area contributed by atoms with Crippen molar-refractivity contribution < 1.29 is 4.42 Å². The summed E-state index contributed by atoms with van der Waals surface area (Å²) in [7, 11) is 0. The zero-order chi connectivity index (χ0) is 25.0. The van der Waals surface area contributed by atoms with Crippen LogP contribution < -0.4 is 0 Å². The number of nitrogens with zero attached hydrogens (tertiary/aromatic N) is 1. The lowest BCUT2D eigenvalue weighted by molar-refractivity contribution is 0.500. The highest BCUT2D eigenvalue weighted by atomic mass is 32.1. The summed E-state index contributed by atoms with van der Waals surface area (Å²) < 4.78 is 6.24. The molecule has 3 heterocycles. The second-order valence-corrected chi connectivity index (χ2v) is 12.1. The Labute approximate surface area is 216 Å². The minimum Gasteiger partial charge on any atom is -0.461 e. The summed E-state index contributed by atoms with van der Waals surface area (Å²) in [6, 6.07) is 26.5. The van der Waals surface area contributed by atoms with Crippen molar-refractivity contribution >= 4 is 43.3 Å². The van der Waals surface area contributed by atoms with Crippen LogP contribution in [-0.4, -0.2) is 4.98 Å². The third kappa shape index (κ3) is 4.12. The Morgan fingerprint density at radius 1 is 0.833 bits per heavy atom. The maximum atomic E-state index is 6.24. The molecular weight excluding hydrogens is 458 g/mol. The molecule has 3 aromatic carbocycles. The second-order valence-electron chi connectivity index (χ2n) is 11.3. The lowest BCUT2D eigenvalue weighted by Gasteiger charge is -2.23. The molecule has 0 N–H and O–H groups in total. The van der Waals surface area contributed by atoms with Gasteiger partial charge in [-0.05, 0) is 80.6 Å². The molecule has 0 aliphatic rings. The van der Waals surface area contributed by atoms with E-state index in [2.05, 4.69) is 113 Å². The molecule has 6 rings (SSSR count). The molecule has 0 saturated carbocycles. The third-order valence-electron chi connectivity index (χ3n) is 6.90. The van der Waals surface area contributed by atoms with Crippen molar-refractivity contribution in [3.63, 3.8) is 0 Å². The van der Waals surface area contributed by atoms with E-state index in [1.807, 2.05) is 0 Å². The van der Waals surface area contributed by atoms with Crippen molar-refractivity contribution in [3.05, 3.63) is 89.5 Å². The van der Waals surface area contributed by atoms with E-state index < -0.39 is 0 Å². The van der Waals surface area contributed by atoms with E-state index in [4.69, 9.17) is 9.40 Å². The van der Waals surface area contributed by atoms with E-state index in [0.717, 1.165) is 44.8 Å². The molecule has 6 aromatic rings. The Balaban J connectivity index is 1.54. The number of furan rings is 1. The van der Waals surface area contributed by atoms with E-state index in [0.29, 0.717) is 5.92 Å². The molecule has 3 heteroatoms. The van der Waals surface area contributed by atoms with Gasteiger partial charge in [-0.3, -0.25) is 0 Å². The molecule has 0 fully saturated rings. The van der Waals surface area contributed by atoms with Crippen LogP contribution in [0.2, 0.25) is 0 Å². The normalized spacial score (nSPS) is 12.4. The van der Waals surface area contributed by atoms with Crippen LogP contribution in [0.3, 0.4) is 0 Å². The quantitative estimate of drug-likeness (QED) is 0.246. The first-order chi connectivity index (χ1) is 17.3. The van der Waals surface area contributed by atoms with Crippen molar-refractivity contribution in [1.29, 1.82) is 0 Å². The van der Waals surface area contributed by atoms with E-state index in [-0.39, 0.29) is 5.41 Å². The van der Waals surface area contributed by atoms with Gasteiger partial charge in [-0.25, -0.2) is 4.98 Å². The van der Waals surface area contributed by atoms with Gasteiger partial charge in [0.05, 0.1) is 5.69 Å². The number of thiophene rings is 1. The van der Waals surface area contributed by atoms with Crippen LogP contribution >= 0.6 is 11.3 Å². The Morgan fingerprint density at radius 2 is 1.67 bits per heavy atom. The molecule has 3 aromatic heterocycles. The van der Waals surface area contributed by atoms with Gasteiger partial charge in [0.25, 0.3) is 0 Å². The van der Waals surface area contributed by atoms with Gasteiger partial charge in [-0.2, -0.15) is 0 Å². The third-order valence-corrected chi connectivity index (χ3v) is 7.70. The monoisotopic (exact) mass is 489 g/mol. The van der Waals surface area contributed by atoms with Gasteiger partial charge in [0, 0.05) is 22.8 Å². The fraction of sp³-hybridized carbons (Fsp3) is 0.242. The van der Waals surface area contributed by atoms with Crippen molar-refractivity contribution in [2.24, 2.45) is 5.92 Å². The van der Waals surface area contributed by atoms with Gasteiger partial charge in [0.15, 0.2) is 0 Å². The fourth-order valence-corrected chi connectivity index (χ4v) is 5.96. The zero-order valence-electron chi connectivity index (χ0n) is 21.6. The minimum atomic E-state index is 0.0312. The number of benzene rings is 3. The zero-order valence-corrected chi connectivity index (χ0v) is 22.4. The second kappa shape index (κ2) is 8.60. The summed E-state index contributed by atoms with van der Waals surface area (Å²) in [6.45, 7) is 11.3. The number of fused-ring (bicyclic) bond motifs is 3. The number of pyridine rings is 1. The standard InChI is InChI=1S/C33H31NOS/c1-20(2)14-25-16-23-11-10-22(18-31(23)35-25)28-19-30(34-32-27(28)12-13-36-32)24-15-21-8-6-7-9-26(21)29(17-24)33(3,4)5/h6-13,15-20H,14H2,1-5H3. The predicted molar refractivity (Wildman–Crippen MR) is 155 cm³/mol. The Morgan fingerprint density at radius 3 is 2.47 bits per heavy atom. The first-order valence-electron chi connectivity index (χ1n) is 12.7. The minimum absolute atomic E-state index is 0.0312. The first kappa shape index (κ1) is 23.0. The molecule has 36 heavy (non-hydrogen) atoms. The van der Waals surface area contributed by atoms with E-state index >= 15 is 0 Å². The van der Waals surface area contributed by atoms with Gasteiger partial charge in [0.2, 0.25) is 0 Å². The summed E-state index contributed by atoms with van der Waals surface area (Å²) in [4.78, 5) is 6.18. The molecule has 180 valence electrons. The summed E-state index contributed by atoms with van der Waals surface area (Å²) >= 11 is 1.70. The van der Waals surface area contributed by atoms with E-state index in [1.54, 1.807) is 11.3 Å². The Hall–Kier alpha value is -3.43. The largest absolute Gasteiger partial charge is 0.461 e. The molecule has 0 aliphatic carbocycles. The van der Waals surface area contributed by atoms with Crippen LogP contribution in [0.4, 0.5) is 0 Å². The number of hydrogen-bond acceptors (Lipinski definition) is 3. The van der Waals surface area contributed by atoms with Crippen LogP contribution in [0.1, 0.15) is 45.9 Å². The number of hydrogen-bond donors (Lipinski definition) is 0. The summed E-state index contributed by atoms with van der Waals surface area (Å²) in [5, 5.41) is 7.05. The maximum Gasteiger partial charge on any atom is 0.134 e. The number of rotatable bonds is 4. The molecule has 2 nitrogen and oxygen atoms in total. The highest BCUT2D eigenvalue weighted by molar-refractivity contribution is 7.16. The van der Waals surface area contributed by atoms with Crippen LogP contribution in [0, 0.1) is 5.92 Å². The maximum absolute atomic E-state index is 6.24. The van der Waals surface area contributed by atoms with Gasteiger partial charge in [0.1, 0.15) is 16.2 Å². The van der Waals surface area contributed by atoms with Crippen molar-refractivity contribution in [3.8, 4) is 22.4 Å². The molecule has 0 bridgehead atoms. The van der Waals surface area contributed by atoms with Crippen molar-refractivity contribution in [2.75, 3.05) is 0 Å². The van der Waals surface area contributed by atoms with Gasteiger partial charge >= 0.3 is 0 Å². The lowest BCUT2D eigenvalue weighted by Crippen LogP contribution is -2.12. The van der Waals surface area contributed by atoms with Crippen molar-refractivity contribution in [1.82, 2.24) is 4.98 Å². The molecule has 0 aliphatic heterocycles. The van der Waals surface area contributed by atoms with Crippen LogP contribution in [-0.2, 0) is 11.8 Å². The highest BCUT2D eigenvalue weighted by Crippen LogP contribution is 2.39. The summed E-state index contributed by atoms with van der Waals surface area (Å²) in [5.41, 5.74) is 6.86. The van der Waals surface area contributed by atoms with Crippen LogP contribution in [0.15, 0.2) is 82.6 Å². The van der Waals surface area contributed by atoms with Gasteiger partial charge < -0.3 is 4.42 Å². The SMILES string of the molecule is CC(C)Cc1cc2ccc(-c3cc(-c4cc(C(C)(C)C)c5ccccc5c4)nc4sccc34)cc2o1. The molecule has 0 saturated heterocycles. The molecule has 0 amide bonds. The van der Waals surface area contributed by atoms with Crippen LogP contribution in [0.25, 0.3) is 54.3 Å². The Bertz CT molecular complexity index is 1730. The molecule has 0 spiro atoms. The molecule has 0 unspecified atom stereocenters. The highest BCUT2D eigenvalue weighted by Gasteiger charge is 2.20. The van der Waals surface area contributed by atoms with E-state index in [9.17, 15) is 0 Å². The topological polar surface area (TPSA) is 26.0 Å². The summed E-state index contributed by atoms with van der Waals surface area (Å²) in [5.74, 6) is 1.62. The van der Waals surface area contributed by atoms with Crippen LogP contribution in [0.5, 0.6) is 0 Å². The molecule has 0 radical (unpaired) electrons. The number of aromatic nitrogens is 1.